The van der Waals surface area contributed by atoms with E-state index in [4.69, 9.17) is 0 Å². The third-order valence-corrected chi connectivity index (χ3v) is 4.35. The highest BCUT2D eigenvalue weighted by molar-refractivity contribution is 5.92. The summed E-state index contributed by atoms with van der Waals surface area (Å²) in [6.07, 6.45) is 3.60. The molecule has 1 aliphatic carbocycles. The number of aliphatic hydroxyl groups is 1. The van der Waals surface area contributed by atoms with Gasteiger partial charge in [-0.05, 0) is 43.9 Å². The maximum atomic E-state index is 12.4. The molecule has 0 aliphatic heterocycles. The number of hydrogen-bond acceptors (Lipinski definition) is 5. The number of carbonyl (C=O) groups is 1. The lowest BCUT2D eigenvalue weighted by molar-refractivity contribution is -0.384. The summed E-state index contributed by atoms with van der Waals surface area (Å²) in [6, 6.07) is 7.46. The Morgan fingerprint density at radius 2 is 2.08 bits per heavy atom. The summed E-state index contributed by atoms with van der Waals surface area (Å²) in [7, 11) is 0. The minimum Gasteiger partial charge on any atom is -0.394 e. The first kappa shape index (κ1) is 16.1. The summed E-state index contributed by atoms with van der Waals surface area (Å²) < 4.78 is 1.48. The second kappa shape index (κ2) is 6.04. The summed E-state index contributed by atoms with van der Waals surface area (Å²) in [5, 5.41) is 27.3. The summed E-state index contributed by atoms with van der Waals surface area (Å²) >= 11 is 0. The smallest absolute Gasteiger partial charge is 0.272 e. The molecule has 1 atom stereocenters. The SMILES string of the molecule is CC(CO)(NC(=O)c1ccn(-c2ccc([N+](=O)[O-])cc2)n1)C1CC1. The first-order chi connectivity index (χ1) is 11.4. The molecule has 0 saturated heterocycles. The molecule has 1 heterocycles. The van der Waals surface area contributed by atoms with Gasteiger partial charge in [-0.2, -0.15) is 5.10 Å². The van der Waals surface area contributed by atoms with E-state index in [9.17, 15) is 20.0 Å². The molecule has 3 rings (SSSR count). The Bertz CT molecular complexity index is 767. The second-order valence-corrected chi connectivity index (χ2v) is 6.22. The molecule has 8 heteroatoms. The van der Waals surface area contributed by atoms with Crippen molar-refractivity contribution >= 4 is 11.6 Å². The van der Waals surface area contributed by atoms with E-state index in [1.54, 1.807) is 24.4 Å². The largest absolute Gasteiger partial charge is 0.394 e. The van der Waals surface area contributed by atoms with Crippen LogP contribution >= 0.6 is 0 Å². The molecular weight excluding hydrogens is 312 g/mol. The van der Waals surface area contributed by atoms with Gasteiger partial charge in [-0.1, -0.05) is 0 Å². The molecule has 1 unspecified atom stereocenters. The second-order valence-electron chi connectivity index (χ2n) is 6.22. The molecule has 0 spiro atoms. The Morgan fingerprint density at radius 1 is 1.42 bits per heavy atom. The van der Waals surface area contributed by atoms with Gasteiger partial charge in [0.2, 0.25) is 0 Å². The number of nitro benzene ring substituents is 1. The maximum Gasteiger partial charge on any atom is 0.272 e. The zero-order chi connectivity index (χ0) is 17.3. The number of non-ortho nitro benzene ring substituents is 1. The van der Waals surface area contributed by atoms with Crippen molar-refractivity contribution in [2.75, 3.05) is 6.61 Å². The number of hydrogen-bond donors (Lipinski definition) is 2. The lowest BCUT2D eigenvalue weighted by Gasteiger charge is -2.28. The molecule has 8 nitrogen and oxygen atoms in total. The van der Waals surface area contributed by atoms with E-state index in [1.807, 2.05) is 6.92 Å². The van der Waals surface area contributed by atoms with Crippen LogP contribution in [0.5, 0.6) is 0 Å². The van der Waals surface area contributed by atoms with Crippen molar-refractivity contribution in [2.45, 2.75) is 25.3 Å². The normalized spacial score (nSPS) is 16.4. The van der Waals surface area contributed by atoms with Crippen LogP contribution in [0.1, 0.15) is 30.3 Å². The number of aliphatic hydroxyl groups excluding tert-OH is 1. The lowest BCUT2D eigenvalue weighted by Crippen LogP contribution is -2.50. The topological polar surface area (TPSA) is 110 Å². The number of nitrogens with zero attached hydrogens (tertiary/aromatic N) is 3. The molecular formula is C16H18N4O4. The number of aromatic nitrogens is 2. The molecule has 1 fully saturated rings. The van der Waals surface area contributed by atoms with Crippen molar-refractivity contribution in [3.63, 3.8) is 0 Å². The van der Waals surface area contributed by atoms with Crippen LogP contribution in [-0.2, 0) is 0 Å². The maximum absolute atomic E-state index is 12.4. The number of carbonyl (C=O) groups excluding carboxylic acids is 1. The summed E-state index contributed by atoms with van der Waals surface area (Å²) in [5.74, 6) is -0.0534. The predicted molar refractivity (Wildman–Crippen MR) is 85.9 cm³/mol. The van der Waals surface area contributed by atoms with E-state index < -0.39 is 10.5 Å². The van der Waals surface area contributed by atoms with Gasteiger partial charge in [-0.3, -0.25) is 14.9 Å². The van der Waals surface area contributed by atoms with Crippen molar-refractivity contribution in [3.05, 3.63) is 52.3 Å². The highest BCUT2D eigenvalue weighted by Crippen LogP contribution is 2.39. The number of amides is 1. The van der Waals surface area contributed by atoms with Gasteiger partial charge >= 0.3 is 0 Å². The molecule has 1 aromatic heterocycles. The van der Waals surface area contributed by atoms with E-state index in [1.165, 1.54) is 16.8 Å². The van der Waals surface area contributed by atoms with E-state index in [0.29, 0.717) is 11.6 Å². The summed E-state index contributed by atoms with van der Waals surface area (Å²) in [6.45, 7) is 1.71. The average Bonchev–Trinajstić information content (AvgIpc) is 3.32. The average molecular weight is 330 g/mol. The number of rotatable bonds is 6. The number of nitro groups is 1. The van der Waals surface area contributed by atoms with Gasteiger partial charge in [0.15, 0.2) is 5.69 Å². The molecule has 2 N–H and O–H groups in total. The van der Waals surface area contributed by atoms with Crippen LogP contribution in [-0.4, -0.2) is 37.9 Å². The Labute approximate surface area is 138 Å². The summed E-state index contributed by atoms with van der Waals surface area (Å²) in [5.41, 5.74) is 0.210. The van der Waals surface area contributed by atoms with Crippen LogP contribution in [0.15, 0.2) is 36.5 Å². The standard InChI is InChI=1S/C16H18N4O4/c1-16(10-21,11-2-3-11)17-15(22)14-8-9-19(18-14)12-4-6-13(7-5-12)20(23)24/h4-9,11,21H,2-3,10H2,1H3,(H,17,22). The molecule has 1 saturated carbocycles. The molecule has 0 radical (unpaired) electrons. The Balaban J connectivity index is 1.75. The van der Waals surface area contributed by atoms with E-state index in [0.717, 1.165) is 12.8 Å². The Hall–Kier alpha value is -2.74. The van der Waals surface area contributed by atoms with Crippen LogP contribution in [0.3, 0.4) is 0 Å². The van der Waals surface area contributed by atoms with Gasteiger partial charge in [0.25, 0.3) is 11.6 Å². The minimum atomic E-state index is -0.631. The quantitative estimate of drug-likeness (QED) is 0.618. The Kier molecular flexibility index (Phi) is 4.06. The van der Waals surface area contributed by atoms with E-state index in [2.05, 4.69) is 10.4 Å². The third kappa shape index (κ3) is 3.13. The molecule has 1 aliphatic rings. The van der Waals surface area contributed by atoms with Crippen molar-refractivity contribution in [2.24, 2.45) is 5.92 Å². The van der Waals surface area contributed by atoms with Crippen molar-refractivity contribution in [1.29, 1.82) is 0 Å². The fourth-order valence-electron chi connectivity index (χ4n) is 2.63. The van der Waals surface area contributed by atoms with Crippen LogP contribution in [0, 0.1) is 16.0 Å². The molecule has 126 valence electrons. The first-order valence-corrected chi connectivity index (χ1v) is 7.67. The molecule has 0 bridgehead atoms. The minimum absolute atomic E-state index is 0.00739. The van der Waals surface area contributed by atoms with Gasteiger partial charge in [-0.25, -0.2) is 4.68 Å². The predicted octanol–water partition coefficient (Wildman–Crippen LogP) is 1.67. The van der Waals surface area contributed by atoms with Gasteiger partial charge in [0.05, 0.1) is 22.8 Å². The number of benzene rings is 1. The fourth-order valence-corrected chi connectivity index (χ4v) is 2.63. The number of nitrogens with one attached hydrogen (secondary N) is 1. The molecule has 1 aromatic carbocycles. The zero-order valence-electron chi connectivity index (χ0n) is 13.2. The van der Waals surface area contributed by atoms with Crippen molar-refractivity contribution < 1.29 is 14.8 Å². The van der Waals surface area contributed by atoms with Crippen molar-refractivity contribution in [1.82, 2.24) is 15.1 Å². The van der Waals surface area contributed by atoms with E-state index in [-0.39, 0.29) is 23.9 Å². The third-order valence-electron chi connectivity index (χ3n) is 4.35. The highest BCUT2D eigenvalue weighted by atomic mass is 16.6. The van der Waals surface area contributed by atoms with Gasteiger partial charge in [-0.15, -0.1) is 0 Å². The van der Waals surface area contributed by atoms with Crippen LogP contribution in [0.25, 0.3) is 5.69 Å². The Morgan fingerprint density at radius 3 is 2.62 bits per heavy atom. The van der Waals surface area contributed by atoms with E-state index >= 15 is 0 Å². The van der Waals surface area contributed by atoms with Crippen LogP contribution in [0.4, 0.5) is 5.69 Å². The lowest BCUT2D eigenvalue weighted by atomic mass is 9.97. The first-order valence-electron chi connectivity index (χ1n) is 7.67. The molecule has 2 aromatic rings. The van der Waals surface area contributed by atoms with Gasteiger partial charge in [0.1, 0.15) is 0 Å². The molecule has 24 heavy (non-hydrogen) atoms. The molecule has 1 amide bonds. The monoisotopic (exact) mass is 330 g/mol. The summed E-state index contributed by atoms with van der Waals surface area (Å²) in [4.78, 5) is 22.6. The zero-order valence-corrected chi connectivity index (χ0v) is 13.2. The van der Waals surface area contributed by atoms with Gasteiger partial charge < -0.3 is 10.4 Å². The van der Waals surface area contributed by atoms with Crippen LogP contribution in [0.2, 0.25) is 0 Å². The fraction of sp³-hybridized carbons (Fsp3) is 0.375. The van der Waals surface area contributed by atoms with Gasteiger partial charge in [0, 0.05) is 18.3 Å². The van der Waals surface area contributed by atoms with Crippen LogP contribution < -0.4 is 5.32 Å². The highest BCUT2D eigenvalue weighted by Gasteiger charge is 2.42. The van der Waals surface area contributed by atoms with Crippen molar-refractivity contribution in [3.8, 4) is 5.69 Å².